The summed E-state index contributed by atoms with van der Waals surface area (Å²) in [6.07, 6.45) is 1.40. The highest BCUT2D eigenvalue weighted by molar-refractivity contribution is 5.79. The van der Waals surface area contributed by atoms with Crippen molar-refractivity contribution in [2.45, 2.75) is 25.8 Å². The van der Waals surface area contributed by atoms with E-state index in [-0.39, 0.29) is 0 Å². The van der Waals surface area contributed by atoms with E-state index in [0.717, 1.165) is 29.0 Å². The highest BCUT2D eigenvalue weighted by Gasteiger charge is 2.24. The normalized spacial score (nSPS) is 18.5. The number of anilines is 1. The standard InChI is InChI=1S/C12H15NO3/c1-7-5-9(16-2)6-8-3-4-10(12(14)15)13-11(7)8/h5-6,10,13H,3-4H2,1-2H3,(H,14,15). The van der Waals surface area contributed by atoms with Gasteiger partial charge in [-0.2, -0.15) is 0 Å². The van der Waals surface area contributed by atoms with Crippen molar-refractivity contribution in [3.8, 4) is 5.75 Å². The van der Waals surface area contributed by atoms with E-state index in [9.17, 15) is 4.79 Å². The second-order valence-corrected chi connectivity index (χ2v) is 4.05. The van der Waals surface area contributed by atoms with Gasteiger partial charge in [0, 0.05) is 5.69 Å². The van der Waals surface area contributed by atoms with Crippen molar-refractivity contribution < 1.29 is 14.6 Å². The fourth-order valence-corrected chi connectivity index (χ4v) is 2.08. The molecule has 1 heterocycles. The van der Waals surface area contributed by atoms with Crippen LogP contribution in [0.15, 0.2) is 12.1 Å². The molecule has 0 aliphatic carbocycles. The van der Waals surface area contributed by atoms with Gasteiger partial charge in [-0.25, -0.2) is 4.79 Å². The number of carbonyl (C=O) groups is 1. The molecule has 16 heavy (non-hydrogen) atoms. The minimum atomic E-state index is -0.791. The van der Waals surface area contributed by atoms with Crippen LogP contribution in [0.3, 0.4) is 0 Å². The molecule has 0 bridgehead atoms. The first-order valence-corrected chi connectivity index (χ1v) is 5.28. The van der Waals surface area contributed by atoms with E-state index in [0.29, 0.717) is 6.42 Å². The summed E-state index contributed by atoms with van der Waals surface area (Å²) in [7, 11) is 1.64. The van der Waals surface area contributed by atoms with Gasteiger partial charge in [0.1, 0.15) is 11.8 Å². The summed E-state index contributed by atoms with van der Waals surface area (Å²) in [5.41, 5.74) is 3.11. The van der Waals surface area contributed by atoms with Gasteiger partial charge in [0.25, 0.3) is 0 Å². The molecule has 1 aromatic carbocycles. The molecule has 1 aromatic rings. The minimum Gasteiger partial charge on any atom is -0.497 e. The van der Waals surface area contributed by atoms with E-state index < -0.39 is 12.0 Å². The Kier molecular flexibility index (Phi) is 2.73. The summed E-state index contributed by atoms with van der Waals surface area (Å²) < 4.78 is 5.19. The molecule has 0 saturated carbocycles. The van der Waals surface area contributed by atoms with Crippen LogP contribution in [-0.4, -0.2) is 24.2 Å². The third-order valence-electron chi connectivity index (χ3n) is 2.95. The van der Waals surface area contributed by atoms with E-state index >= 15 is 0 Å². The number of ether oxygens (including phenoxy) is 1. The maximum atomic E-state index is 10.9. The molecule has 1 atom stereocenters. The molecule has 1 aliphatic rings. The smallest absolute Gasteiger partial charge is 0.326 e. The van der Waals surface area contributed by atoms with Crippen LogP contribution in [0.2, 0.25) is 0 Å². The quantitative estimate of drug-likeness (QED) is 0.799. The zero-order valence-electron chi connectivity index (χ0n) is 9.41. The highest BCUT2D eigenvalue weighted by atomic mass is 16.5. The molecule has 0 aromatic heterocycles. The maximum Gasteiger partial charge on any atom is 0.326 e. The molecule has 2 N–H and O–H groups in total. The van der Waals surface area contributed by atoms with Gasteiger partial charge in [-0.15, -0.1) is 0 Å². The second-order valence-electron chi connectivity index (χ2n) is 4.05. The molecule has 0 radical (unpaired) electrons. The summed E-state index contributed by atoms with van der Waals surface area (Å²) in [6.45, 7) is 1.96. The predicted molar refractivity (Wildman–Crippen MR) is 61.1 cm³/mol. The molecule has 0 amide bonds. The summed E-state index contributed by atoms with van der Waals surface area (Å²) in [5.74, 6) is 0.0349. The number of aliphatic carboxylic acids is 1. The summed E-state index contributed by atoms with van der Waals surface area (Å²) >= 11 is 0. The lowest BCUT2D eigenvalue weighted by molar-refractivity contribution is -0.138. The lowest BCUT2D eigenvalue weighted by Crippen LogP contribution is -2.33. The van der Waals surface area contributed by atoms with Crippen molar-refractivity contribution in [1.29, 1.82) is 0 Å². The first-order valence-electron chi connectivity index (χ1n) is 5.28. The van der Waals surface area contributed by atoms with Crippen molar-refractivity contribution in [2.75, 3.05) is 12.4 Å². The summed E-state index contributed by atoms with van der Waals surface area (Å²) in [5, 5.41) is 12.0. The molecule has 4 nitrogen and oxygen atoms in total. The van der Waals surface area contributed by atoms with Crippen LogP contribution in [0.5, 0.6) is 5.75 Å². The maximum absolute atomic E-state index is 10.9. The number of hydrogen-bond acceptors (Lipinski definition) is 3. The van der Waals surface area contributed by atoms with Gasteiger partial charge in [-0.1, -0.05) is 0 Å². The zero-order chi connectivity index (χ0) is 11.7. The second kappa shape index (κ2) is 4.04. The topological polar surface area (TPSA) is 58.6 Å². The van der Waals surface area contributed by atoms with Crippen LogP contribution in [0, 0.1) is 6.92 Å². The van der Waals surface area contributed by atoms with Gasteiger partial charge in [-0.05, 0) is 43.0 Å². The Morgan fingerprint density at radius 3 is 2.94 bits per heavy atom. The zero-order valence-corrected chi connectivity index (χ0v) is 9.41. The molecule has 0 spiro atoms. The molecule has 86 valence electrons. The third-order valence-corrected chi connectivity index (χ3v) is 2.95. The van der Waals surface area contributed by atoms with Gasteiger partial charge >= 0.3 is 5.97 Å². The van der Waals surface area contributed by atoms with E-state index in [2.05, 4.69) is 5.32 Å². The van der Waals surface area contributed by atoms with Crippen molar-refractivity contribution >= 4 is 11.7 Å². The van der Waals surface area contributed by atoms with Crippen molar-refractivity contribution in [3.63, 3.8) is 0 Å². The third kappa shape index (κ3) is 1.83. The first-order chi connectivity index (χ1) is 7.61. The fourth-order valence-electron chi connectivity index (χ4n) is 2.08. The summed E-state index contributed by atoms with van der Waals surface area (Å²) in [6, 6.07) is 3.41. The lowest BCUT2D eigenvalue weighted by atomic mass is 9.95. The molecular formula is C12H15NO3. The number of carboxylic acids is 1. The molecule has 2 rings (SSSR count). The molecule has 4 heteroatoms. The van der Waals surface area contributed by atoms with Crippen LogP contribution in [0.25, 0.3) is 0 Å². The number of aryl methyl sites for hydroxylation is 2. The van der Waals surface area contributed by atoms with Crippen LogP contribution in [0.4, 0.5) is 5.69 Å². The number of rotatable bonds is 2. The molecule has 1 aliphatic heterocycles. The number of methoxy groups -OCH3 is 1. The monoisotopic (exact) mass is 221 g/mol. The summed E-state index contributed by atoms with van der Waals surface area (Å²) in [4.78, 5) is 10.9. The van der Waals surface area contributed by atoms with Crippen LogP contribution in [-0.2, 0) is 11.2 Å². The number of carboxylic acid groups (broad SMARTS) is 1. The molecule has 0 saturated heterocycles. The van der Waals surface area contributed by atoms with E-state index in [1.54, 1.807) is 7.11 Å². The van der Waals surface area contributed by atoms with Gasteiger partial charge in [0.2, 0.25) is 0 Å². The number of hydrogen-bond donors (Lipinski definition) is 2. The Morgan fingerprint density at radius 2 is 2.31 bits per heavy atom. The Morgan fingerprint density at radius 1 is 1.56 bits per heavy atom. The number of benzene rings is 1. The van der Waals surface area contributed by atoms with E-state index in [1.165, 1.54) is 0 Å². The van der Waals surface area contributed by atoms with Crippen LogP contribution < -0.4 is 10.1 Å². The number of fused-ring (bicyclic) bond motifs is 1. The van der Waals surface area contributed by atoms with Crippen LogP contribution >= 0.6 is 0 Å². The first kappa shape index (κ1) is 10.8. The lowest BCUT2D eigenvalue weighted by Gasteiger charge is -2.26. The van der Waals surface area contributed by atoms with Gasteiger partial charge < -0.3 is 15.2 Å². The molecule has 1 unspecified atom stereocenters. The largest absolute Gasteiger partial charge is 0.497 e. The Balaban J connectivity index is 2.35. The van der Waals surface area contributed by atoms with Gasteiger partial charge in [0.05, 0.1) is 7.11 Å². The highest BCUT2D eigenvalue weighted by Crippen LogP contribution is 2.32. The Bertz CT molecular complexity index is 429. The van der Waals surface area contributed by atoms with Gasteiger partial charge in [-0.3, -0.25) is 0 Å². The molecular weight excluding hydrogens is 206 g/mol. The Labute approximate surface area is 94.2 Å². The van der Waals surface area contributed by atoms with Gasteiger partial charge in [0.15, 0.2) is 0 Å². The Hall–Kier alpha value is -1.71. The van der Waals surface area contributed by atoms with Crippen LogP contribution in [0.1, 0.15) is 17.5 Å². The minimum absolute atomic E-state index is 0.473. The molecule has 0 fully saturated rings. The van der Waals surface area contributed by atoms with Crippen molar-refractivity contribution in [2.24, 2.45) is 0 Å². The fraction of sp³-hybridized carbons (Fsp3) is 0.417. The number of nitrogens with one attached hydrogen (secondary N) is 1. The van der Waals surface area contributed by atoms with Crippen molar-refractivity contribution in [1.82, 2.24) is 0 Å². The van der Waals surface area contributed by atoms with Crippen molar-refractivity contribution in [3.05, 3.63) is 23.3 Å². The average Bonchev–Trinajstić information content (AvgIpc) is 2.28. The average molecular weight is 221 g/mol. The predicted octanol–water partition coefficient (Wildman–Crippen LogP) is 1.81. The SMILES string of the molecule is COc1cc(C)c2c(c1)CCC(C(=O)O)N2. The van der Waals surface area contributed by atoms with E-state index in [4.69, 9.17) is 9.84 Å². The van der Waals surface area contributed by atoms with E-state index in [1.807, 2.05) is 19.1 Å².